The van der Waals surface area contributed by atoms with Gasteiger partial charge in [-0.15, -0.1) is 0 Å². The molecule has 1 fully saturated rings. The predicted octanol–water partition coefficient (Wildman–Crippen LogP) is 2.55. The summed E-state index contributed by atoms with van der Waals surface area (Å²) in [6, 6.07) is 1.45. The van der Waals surface area contributed by atoms with E-state index in [1.807, 2.05) is 6.92 Å². The molecule has 0 bridgehead atoms. The average molecular weight is 399 g/mol. The first kappa shape index (κ1) is 21.8. The maximum Gasteiger partial charge on any atom is 0.312 e. The van der Waals surface area contributed by atoms with Crippen LogP contribution in [0.15, 0.2) is 17.1 Å². The maximum atomic E-state index is 12.1. The maximum absolute atomic E-state index is 12.1. The molecule has 7 nitrogen and oxygen atoms in total. The van der Waals surface area contributed by atoms with E-state index in [2.05, 4.69) is 18.8 Å². The van der Waals surface area contributed by atoms with Gasteiger partial charge in [0.15, 0.2) is 4.77 Å². The molecular weight excluding hydrogens is 368 g/mol. The van der Waals surface area contributed by atoms with E-state index < -0.39 is 0 Å². The molecule has 152 valence electrons. The Bertz CT molecular complexity index is 703. The van der Waals surface area contributed by atoms with E-state index in [9.17, 15) is 9.59 Å². The molecule has 0 amide bonds. The molecule has 1 N–H and O–H groups in total. The zero-order valence-electron chi connectivity index (χ0n) is 16.4. The lowest BCUT2D eigenvalue weighted by Crippen LogP contribution is -2.49. The fourth-order valence-corrected chi connectivity index (χ4v) is 3.69. The number of H-pyrrole nitrogens is 1. The molecule has 2 rings (SSSR count). The Morgan fingerprint density at radius 2 is 1.93 bits per heavy atom. The molecule has 1 aliphatic carbocycles. The minimum atomic E-state index is -0.341. The van der Waals surface area contributed by atoms with Crippen LogP contribution in [-0.2, 0) is 25.5 Å². The van der Waals surface area contributed by atoms with E-state index >= 15 is 0 Å². The summed E-state index contributed by atoms with van der Waals surface area (Å²) in [6.07, 6.45) is 3.12. The quantitative estimate of drug-likeness (QED) is 0.350. The standard InChI is InChI=1S/C19H30N2O5S/c1-14-13-19(3,15(14)2)17(23)26-12-11-25-10-9-24-8-4-7-21-16(22)5-6-20-18(21)27/h5-6,14-15H,4,7-13H2,1-3H3,(H,20,27). The van der Waals surface area contributed by atoms with Crippen LogP contribution < -0.4 is 5.56 Å². The van der Waals surface area contributed by atoms with Crippen LogP contribution in [0.3, 0.4) is 0 Å². The van der Waals surface area contributed by atoms with E-state index in [1.165, 1.54) is 10.6 Å². The topological polar surface area (TPSA) is 82.6 Å². The van der Waals surface area contributed by atoms with Gasteiger partial charge in [0.25, 0.3) is 5.56 Å². The summed E-state index contributed by atoms with van der Waals surface area (Å²) in [5.41, 5.74) is -0.456. The van der Waals surface area contributed by atoms with Crippen molar-refractivity contribution in [2.24, 2.45) is 17.3 Å². The van der Waals surface area contributed by atoms with Gasteiger partial charge in [0.2, 0.25) is 0 Å². The lowest BCUT2D eigenvalue weighted by molar-refractivity contribution is -0.172. The van der Waals surface area contributed by atoms with E-state index in [0.29, 0.717) is 56.0 Å². The largest absolute Gasteiger partial charge is 0.463 e. The molecule has 3 atom stereocenters. The van der Waals surface area contributed by atoms with Crippen LogP contribution in [0.4, 0.5) is 0 Å². The lowest BCUT2D eigenvalue weighted by Gasteiger charge is -2.48. The third-order valence-corrected chi connectivity index (χ3v) is 5.86. The SMILES string of the molecule is CC1CC(C)(C(=O)OCCOCCOCCCn2c(=O)cc[nH]c2=S)C1C. The van der Waals surface area contributed by atoms with Crippen molar-refractivity contribution in [2.75, 3.05) is 33.0 Å². The van der Waals surface area contributed by atoms with Gasteiger partial charge in [-0.2, -0.15) is 0 Å². The van der Waals surface area contributed by atoms with Crippen LogP contribution in [0.25, 0.3) is 0 Å². The Kier molecular flexibility index (Phi) is 8.19. The summed E-state index contributed by atoms with van der Waals surface area (Å²) in [7, 11) is 0. The number of rotatable bonds is 11. The van der Waals surface area contributed by atoms with Crippen LogP contribution in [0.2, 0.25) is 0 Å². The minimum absolute atomic E-state index is 0.115. The van der Waals surface area contributed by atoms with Gasteiger partial charge >= 0.3 is 5.97 Å². The second-order valence-electron chi connectivity index (χ2n) is 7.37. The molecule has 1 aromatic rings. The second kappa shape index (κ2) is 10.1. The summed E-state index contributed by atoms with van der Waals surface area (Å²) < 4.78 is 18.2. The van der Waals surface area contributed by atoms with Crippen molar-refractivity contribution in [1.82, 2.24) is 9.55 Å². The fourth-order valence-electron chi connectivity index (χ4n) is 3.44. The third kappa shape index (κ3) is 5.73. The van der Waals surface area contributed by atoms with Crippen molar-refractivity contribution >= 4 is 18.2 Å². The zero-order valence-corrected chi connectivity index (χ0v) is 17.2. The number of aromatic nitrogens is 2. The van der Waals surface area contributed by atoms with Crippen molar-refractivity contribution in [1.29, 1.82) is 0 Å². The van der Waals surface area contributed by atoms with Gasteiger partial charge in [-0.1, -0.05) is 13.8 Å². The summed E-state index contributed by atoms with van der Waals surface area (Å²) in [6.45, 7) is 8.80. The van der Waals surface area contributed by atoms with Crippen LogP contribution in [-0.4, -0.2) is 48.6 Å². The first-order valence-corrected chi connectivity index (χ1v) is 9.88. The van der Waals surface area contributed by atoms with E-state index in [-0.39, 0.29) is 23.6 Å². The number of ether oxygens (including phenoxy) is 3. The zero-order chi connectivity index (χ0) is 19.9. The highest BCUT2D eigenvalue weighted by Gasteiger charge is 2.51. The Hall–Kier alpha value is -1.51. The molecule has 1 heterocycles. The highest BCUT2D eigenvalue weighted by atomic mass is 32.1. The minimum Gasteiger partial charge on any atom is -0.463 e. The fraction of sp³-hybridized carbons (Fsp3) is 0.737. The number of esters is 1. The Morgan fingerprint density at radius 1 is 1.26 bits per heavy atom. The summed E-state index contributed by atoms with van der Waals surface area (Å²) in [4.78, 5) is 26.6. The normalized spacial score (nSPS) is 24.4. The number of hydrogen-bond donors (Lipinski definition) is 1. The molecule has 1 saturated carbocycles. The van der Waals surface area contributed by atoms with Crippen LogP contribution >= 0.6 is 12.2 Å². The molecular formula is C19H30N2O5S. The Labute approximate surface area is 165 Å². The Balaban J connectivity index is 1.47. The number of hydrogen-bond acceptors (Lipinski definition) is 6. The predicted molar refractivity (Wildman–Crippen MR) is 104 cm³/mol. The van der Waals surface area contributed by atoms with Crippen molar-refractivity contribution in [3.05, 3.63) is 27.4 Å². The number of aromatic amines is 1. The van der Waals surface area contributed by atoms with Gasteiger partial charge in [-0.3, -0.25) is 14.2 Å². The van der Waals surface area contributed by atoms with E-state index in [4.69, 9.17) is 26.4 Å². The number of carbonyl (C=O) groups excluding carboxylic acids is 1. The van der Waals surface area contributed by atoms with Gasteiger partial charge in [-0.05, 0) is 43.8 Å². The summed E-state index contributed by atoms with van der Waals surface area (Å²) in [5, 5.41) is 0. The molecule has 0 spiro atoms. The molecule has 1 aliphatic rings. The summed E-state index contributed by atoms with van der Waals surface area (Å²) >= 11 is 5.08. The molecule has 3 unspecified atom stereocenters. The van der Waals surface area contributed by atoms with Crippen molar-refractivity contribution in [3.8, 4) is 0 Å². The summed E-state index contributed by atoms with van der Waals surface area (Å²) in [5.74, 6) is 0.815. The first-order chi connectivity index (χ1) is 12.9. The molecule has 27 heavy (non-hydrogen) atoms. The molecule has 1 aromatic heterocycles. The van der Waals surface area contributed by atoms with Crippen LogP contribution in [0.5, 0.6) is 0 Å². The van der Waals surface area contributed by atoms with Gasteiger partial charge in [0.1, 0.15) is 6.61 Å². The third-order valence-electron chi connectivity index (χ3n) is 5.52. The average Bonchev–Trinajstić information content (AvgIpc) is 2.64. The van der Waals surface area contributed by atoms with Crippen molar-refractivity contribution in [2.45, 2.75) is 40.2 Å². The van der Waals surface area contributed by atoms with Gasteiger partial charge < -0.3 is 19.2 Å². The monoisotopic (exact) mass is 398 g/mol. The van der Waals surface area contributed by atoms with Gasteiger partial charge in [0, 0.05) is 25.4 Å². The van der Waals surface area contributed by atoms with Crippen LogP contribution in [0.1, 0.15) is 33.6 Å². The number of nitrogens with one attached hydrogen (secondary N) is 1. The first-order valence-electron chi connectivity index (χ1n) is 9.47. The molecule has 0 saturated heterocycles. The Morgan fingerprint density at radius 3 is 2.56 bits per heavy atom. The van der Waals surface area contributed by atoms with Crippen LogP contribution in [0, 0.1) is 22.0 Å². The van der Waals surface area contributed by atoms with E-state index in [0.717, 1.165) is 6.42 Å². The molecule has 0 radical (unpaired) electrons. The molecule has 0 aromatic carbocycles. The number of carbonyl (C=O) groups is 1. The van der Waals surface area contributed by atoms with E-state index in [1.54, 1.807) is 6.20 Å². The van der Waals surface area contributed by atoms with Gasteiger partial charge in [0.05, 0.1) is 25.2 Å². The van der Waals surface area contributed by atoms with Gasteiger partial charge in [-0.25, -0.2) is 0 Å². The van der Waals surface area contributed by atoms with Crippen molar-refractivity contribution < 1.29 is 19.0 Å². The molecule has 0 aliphatic heterocycles. The molecule has 8 heteroatoms. The number of nitrogens with zero attached hydrogens (tertiary/aromatic N) is 1. The smallest absolute Gasteiger partial charge is 0.312 e. The highest BCUT2D eigenvalue weighted by Crippen LogP contribution is 2.51. The van der Waals surface area contributed by atoms with Crippen molar-refractivity contribution in [3.63, 3.8) is 0 Å². The highest BCUT2D eigenvalue weighted by molar-refractivity contribution is 7.71. The second-order valence-corrected chi connectivity index (χ2v) is 7.76. The lowest BCUT2D eigenvalue weighted by atomic mass is 9.56.